The van der Waals surface area contributed by atoms with Gasteiger partial charge in [0, 0.05) is 0 Å². The van der Waals surface area contributed by atoms with Crippen LogP contribution in [0.25, 0.3) is 0 Å². The molecule has 0 saturated heterocycles. The van der Waals surface area contributed by atoms with E-state index in [0.29, 0.717) is 0 Å². The van der Waals surface area contributed by atoms with Crippen LogP contribution in [0.4, 0.5) is 0 Å². The number of hydrogen-bond donors (Lipinski definition) is 0. The monoisotopic (exact) mass is 172 g/mol. The summed E-state index contributed by atoms with van der Waals surface area (Å²) in [4.78, 5) is 0. The molecule has 0 saturated carbocycles. The largest absolute Gasteiger partial charge is 0.0958 e. The molecule has 0 bridgehead atoms. The first kappa shape index (κ1) is 9.79. The highest BCUT2D eigenvalue weighted by atomic mass is 14.0. The first-order valence-corrected chi connectivity index (χ1v) is 4.49. The number of allylic oxidation sites excluding steroid dienone is 2. The third-order valence-electron chi connectivity index (χ3n) is 2.14. The maximum Gasteiger partial charge on any atom is -0.00292 e. The van der Waals surface area contributed by atoms with Gasteiger partial charge in [-0.3, -0.25) is 0 Å². The van der Waals surface area contributed by atoms with Crippen LogP contribution in [0.5, 0.6) is 0 Å². The summed E-state index contributed by atoms with van der Waals surface area (Å²) >= 11 is 0. The summed E-state index contributed by atoms with van der Waals surface area (Å²) in [6.07, 6.45) is 0.912. The Morgan fingerprint density at radius 2 is 1.69 bits per heavy atom. The molecule has 0 aliphatic rings. The lowest BCUT2D eigenvalue weighted by molar-refractivity contribution is 1.16. The first-order chi connectivity index (χ1) is 6.09. The van der Waals surface area contributed by atoms with Crippen molar-refractivity contribution in [3.63, 3.8) is 0 Å². The molecule has 0 N–H and O–H groups in total. The summed E-state index contributed by atoms with van der Waals surface area (Å²) in [5, 5.41) is 0. The summed E-state index contributed by atoms with van der Waals surface area (Å²) in [5.74, 6) is 0. The van der Waals surface area contributed by atoms with E-state index in [1.54, 1.807) is 0 Å². The zero-order valence-electron chi connectivity index (χ0n) is 8.43. The fourth-order valence-electron chi connectivity index (χ4n) is 1.10. The van der Waals surface area contributed by atoms with Crippen molar-refractivity contribution in [2.24, 2.45) is 0 Å². The second-order valence-electron chi connectivity index (χ2n) is 3.55. The van der Waals surface area contributed by atoms with Gasteiger partial charge in [0.2, 0.25) is 0 Å². The van der Waals surface area contributed by atoms with Gasteiger partial charge in [-0.25, -0.2) is 0 Å². The molecule has 0 heteroatoms. The predicted octanol–water partition coefficient (Wildman–Crippen LogP) is 3.67. The highest BCUT2D eigenvalue weighted by Crippen LogP contribution is 2.12. The average Bonchev–Trinajstić information content (AvgIpc) is 2.08. The predicted molar refractivity (Wildman–Crippen MR) is 58.8 cm³/mol. The smallest absolute Gasteiger partial charge is 0.00292 e. The summed E-state index contributed by atoms with van der Waals surface area (Å²) in [5.41, 5.74) is 4.78. The van der Waals surface area contributed by atoms with Crippen LogP contribution in [-0.4, -0.2) is 0 Å². The minimum atomic E-state index is 0.912. The second kappa shape index (κ2) is 4.08. The van der Waals surface area contributed by atoms with E-state index in [-0.39, 0.29) is 0 Å². The Bertz CT molecular complexity index is 314. The van der Waals surface area contributed by atoms with Crippen molar-refractivity contribution < 1.29 is 0 Å². The zero-order chi connectivity index (χ0) is 9.84. The Hall–Kier alpha value is -1.30. The van der Waals surface area contributed by atoms with Crippen molar-refractivity contribution in [1.82, 2.24) is 0 Å². The van der Waals surface area contributed by atoms with E-state index in [9.17, 15) is 0 Å². The van der Waals surface area contributed by atoms with Crippen molar-refractivity contribution in [1.29, 1.82) is 0 Å². The van der Waals surface area contributed by atoms with E-state index >= 15 is 0 Å². The number of aryl methyl sites for hydroxylation is 1. The number of benzene rings is 1. The van der Waals surface area contributed by atoms with Crippen LogP contribution < -0.4 is 0 Å². The van der Waals surface area contributed by atoms with Crippen molar-refractivity contribution >= 4 is 0 Å². The van der Waals surface area contributed by atoms with Crippen molar-refractivity contribution in [3.8, 4) is 0 Å². The standard InChI is InChI=1S/C13H16/c1-10(2)12(4)9-13-7-5-11(3)6-8-13/h5-8H,1,4,9H2,2-3H3. The van der Waals surface area contributed by atoms with Gasteiger partial charge >= 0.3 is 0 Å². The third-order valence-corrected chi connectivity index (χ3v) is 2.14. The van der Waals surface area contributed by atoms with E-state index in [1.807, 2.05) is 6.92 Å². The van der Waals surface area contributed by atoms with Crippen molar-refractivity contribution in [2.75, 3.05) is 0 Å². The van der Waals surface area contributed by atoms with E-state index in [0.717, 1.165) is 17.6 Å². The SMILES string of the molecule is C=C(C)C(=C)Cc1ccc(C)cc1. The molecule has 0 aromatic heterocycles. The fourth-order valence-corrected chi connectivity index (χ4v) is 1.10. The first-order valence-electron chi connectivity index (χ1n) is 4.49. The Kier molecular flexibility index (Phi) is 3.07. The summed E-state index contributed by atoms with van der Waals surface area (Å²) in [6, 6.07) is 8.54. The molecule has 1 rings (SSSR count). The molecular weight excluding hydrogens is 156 g/mol. The van der Waals surface area contributed by atoms with E-state index in [2.05, 4.69) is 44.3 Å². The van der Waals surface area contributed by atoms with Crippen LogP contribution in [0.15, 0.2) is 48.6 Å². The normalized spacial score (nSPS) is 9.69. The molecule has 0 unspecified atom stereocenters. The van der Waals surface area contributed by atoms with E-state index in [1.165, 1.54) is 11.1 Å². The minimum Gasteiger partial charge on any atom is -0.0958 e. The van der Waals surface area contributed by atoms with E-state index in [4.69, 9.17) is 0 Å². The van der Waals surface area contributed by atoms with Gasteiger partial charge in [-0.1, -0.05) is 48.6 Å². The topological polar surface area (TPSA) is 0 Å². The molecule has 13 heavy (non-hydrogen) atoms. The Balaban J connectivity index is 2.70. The van der Waals surface area contributed by atoms with Gasteiger partial charge in [0.1, 0.15) is 0 Å². The fraction of sp³-hybridized carbons (Fsp3) is 0.231. The molecule has 0 heterocycles. The molecule has 68 valence electrons. The van der Waals surface area contributed by atoms with Crippen LogP contribution in [0.2, 0.25) is 0 Å². The molecule has 0 radical (unpaired) electrons. The minimum absolute atomic E-state index is 0.912. The summed E-state index contributed by atoms with van der Waals surface area (Å²) < 4.78 is 0. The Labute approximate surface area is 80.6 Å². The van der Waals surface area contributed by atoms with Crippen molar-refractivity contribution in [2.45, 2.75) is 20.3 Å². The quantitative estimate of drug-likeness (QED) is 0.610. The second-order valence-corrected chi connectivity index (χ2v) is 3.55. The number of hydrogen-bond acceptors (Lipinski definition) is 0. The van der Waals surface area contributed by atoms with Crippen molar-refractivity contribution in [3.05, 3.63) is 59.7 Å². The Morgan fingerprint density at radius 1 is 1.15 bits per heavy atom. The summed E-state index contributed by atoms with van der Waals surface area (Å²) in [6.45, 7) is 11.9. The number of rotatable bonds is 3. The lowest BCUT2D eigenvalue weighted by atomic mass is 10.0. The lowest BCUT2D eigenvalue weighted by Gasteiger charge is -2.04. The molecule has 0 nitrogen and oxygen atoms in total. The van der Waals surface area contributed by atoms with Gasteiger partial charge in [-0.2, -0.15) is 0 Å². The van der Waals surface area contributed by atoms with Crippen LogP contribution in [0, 0.1) is 6.92 Å². The molecule has 0 aliphatic heterocycles. The van der Waals surface area contributed by atoms with Gasteiger partial charge in [-0.05, 0) is 31.4 Å². The molecule has 0 fully saturated rings. The maximum absolute atomic E-state index is 3.97. The van der Waals surface area contributed by atoms with Gasteiger partial charge < -0.3 is 0 Å². The molecule has 0 spiro atoms. The molecule has 1 aromatic rings. The lowest BCUT2D eigenvalue weighted by Crippen LogP contribution is -1.89. The molecule has 1 aromatic carbocycles. The van der Waals surface area contributed by atoms with Crippen LogP contribution in [0.3, 0.4) is 0 Å². The van der Waals surface area contributed by atoms with Gasteiger partial charge in [0.15, 0.2) is 0 Å². The average molecular weight is 172 g/mol. The maximum atomic E-state index is 3.97. The van der Waals surface area contributed by atoms with Gasteiger partial charge in [-0.15, -0.1) is 0 Å². The molecule has 0 aliphatic carbocycles. The third kappa shape index (κ3) is 2.90. The molecule has 0 amide bonds. The zero-order valence-corrected chi connectivity index (χ0v) is 8.43. The van der Waals surface area contributed by atoms with Crippen LogP contribution in [-0.2, 0) is 6.42 Å². The van der Waals surface area contributed by atoms with Crippen LogP contribution in [0.1, 0.15) is 18.1 Å². The highest BCUT2D eigenvalue weighted by Gasteiger charge is 1.97. The van der Waals surface area contributed by atoms with Gasteiger partial charge in [0.05, 0.1) is 0 Å². The van der Waals surface area contributed by atoms with Gasteiger partial charge in [0.25, 0.3) is 0 Å². The Morgan fingerprint density at radius 3 is 2.15 bits per heavy atom. The van der Waals surface area contributed by atoms with E-state index < -0.39 is 0 Å². The van der Waals surface area contributed by atoms with Crippen LogP contribution >= 0.6 is 0 Å². The summed E-state index contributed by atoms with van der Waals surface area (Å²) in [7, 11) is 0. The molecular formula is C13H16. The molecule has 0 atom stereocenters. The highest BCUT2D eigenvalue weighted by molar-refractivity contribution is 5.31.